The Morgan fingerprint density at radius 2 is 2.24 bits per heavy atom. The minimum atomic E-state index is 0.645. The Bertz CT molecular complexity index is 323. The molecule has 2 heterocycles. The third kappa shape index (κ3) is 4.07. The van der Waals surface area contributed by atoms with Gasteiger partial charge in [-0.1, -0.05) is 5.16 Å². The Labute approximate surface area is 101 Å². The van der Waals surface area contributed by atoms with Crippen LogP contribution in [0.5, 0.6) is 0 Å². The van der Waals surface area contributed by atoms with E-state index in [9.17, 15) is 0 Å². The van der Waals surface area contributed by atoms with Crippen molar-refractivity contribution in [3.05, 3.63) is 11.7 Å². The maximum atomic E-state index is 5.25. The highest BCUT2D eigenvalue weighted by Crippen LogP contribution is 2.03. The summed E-state index contributed by atoms with van der Waals surface area (Å²) in [5.41, 5.74) is 0. The van der Waals surface area contributed by atoms with Gasteiger partial charge in [0.05, 0.1) is 19.6 Å². The third-order valence-corrected chi connectivity index (χ3v) is 2.75. The number of nitrogens with zero attached hydrogens (tertiary/aromatic N) is 3. The van der Waals surface area contributed by atoms with Gasteiger partial charge in [0, 0.05) is 32.8 Å². The van der Waals surface area contributed by atoms with Crippen LogP contribution in [0.2, 0.25) is 0 Å². The van der Waals surface area contributed by atoms with Gasteiger partial charge < -0.3 is 14.6 Å². The van der Waals surface area contributed by atoms with Crippen LogP contribution in [0.1, 0.15) is 18.6 Å². The first-order chi connectivity index (χ1) is 8.38. The predicted molar refractivity (Wildman–Crippen MR) is 62.6 cm³/mol. The van der Waals surface area contributed by atoms with Gasteiger partial charge in [-0.15, -0.1) is 0 Å². The predicted octanol–water partition coefficient (Wildman–Crippen LogP) is 0.0538. The first-order valence-corrected chi connectivity index (χ1v) is 6.20. The molecule has 0 atom stereocenters. The van der Waals surface area contributed by atoms with Crippen molar-refractivity contribution in [3.63, 3.8) is 0 Å². The normalized spacial score (nSPS) is 17.5. The molecule has 17 heavy (non-hydrogen) atoms. The standard InChI is InChI=1S/C11H20N4O2/c1-2-16-8-3-11-13-10(14-17-11)9-15-6-4-12-5-7-15/h12H,2-9H2,1H3. The van der Waals surface area contributed by atoms with Gasteiger partial charge in [0.2, 0.25) is 5.89 Å². The fourth-order valence-electron chi connectivity index (χ4n) is 1.83. The van der Waals surface area contributed by atoms with Gasteiger partial charge >= 0.3 is 0 Å². The smallest absolute Gasteiger partial charge is 0.229 e. The SMILES string of the molecule is CCOCCc1nc(CN2CCNCC2)no1. The van der Waals surface area contributed by atoms with E-state index in [2.05, 4.69) is 20.4 Å². The zero-order valence-electron chi connectivity index (χ0n) is 10.3. The molecular formula is C11H20N4O2. The van der Waals surface area contributed by atoms with E-state index in [1.165, 1.54) is 0 Å². The van der Waals surface area contributed by atoms with Crippen LogP contribution in [0.3, 0.4) is 0 Å². The summed E-state index contributed by atoms with van der Waals surface area (Å²) in [4.78, 5) is 6.68. The molecule has 1 aliphatic heterocycles. The molecule has 0 unspecified atom stereocenters. The second-order valence-corrected chi connectivity index (χ2v) is 4.08. The van der Waals surface area contributed by atoms with E-state index in [0.29, 0.717) is 18.9 Å². The molecule has 1 N–H and O–H groups in total. The van der Waals surface area contributed by atoms with E-state index in [0.717, 1.165) is 45.2 Å². The number of rotatable bonds is 6. The molecule has 0 aromatic carbocycles. The van der Waals surface area contributed by atoms with Gasteiger partial charge in [0.25, 0.3) is 0 Å². The summed E-state index contributed by atoms with van der Waals surface area (Å²) in [6.45, 7) is 8.28. The highest BCUT2D eigenvalue weighted by atomic mass is 16.5. The molecule has 0 radical (unpaired) electrons. The van der Waals surface area contributed by atoms with Crippen LogP contribution in [0.15, 0.2) is 4.52 Å². The van der Waals surface area contributed by atoms with Crippen molar-refractivity contribution in [2.75, 3.05) is 39.4 Å². The fraction of sp³-hybridized carbons (Fsp3) is 0.818. The first kappa shape index (κ1) is 12.5. The van der Waals surface area contributed by atoms with Crippen LogP contribution in [-0.2, 0) is 17.7 Å². The number of piperazine rings is 1. The molecule has 0 amide bonds. The molecule has 6 nitrogen and oxygen atoms in total. The second kappa shape index (κ2) is 6.68. The minimum absolute atomic E-state index is 0.645. The van der Waals surface area contributed by atoms with Gasteiger partial charge in [-0.25, -0.2) is 0 Å². The second-order valence-electron chi connectivity index (χ2n) is 4.08. The quantitative estimate of drug-likeness (QED) is 0.709. The molecule has 1 fully saturated rings. The highest BCUT2D eigenvalue weighted by molar-refractivity contribution is 4.87. The Hall–Kier alpha value is -0.980. The lowest BCUT2D eigenvalue weighted by molar-refractivity contribution is 0.144. The van der Waals surface area contributed by atoms with E-state index < -0.39 is 0 Å². The summed E-state index contributed by atoms with van der Waals surface area (Å²) in [7, 11) is 0. The number of aromatic nitrogens is 2. The zero-order valence-corrected chi connectivity index (χ0v) is 10.3. The molecule has 0 aliphatic carbocycles. The highest BCUT2D eigenvalue weighted by Gasteiger charge is 2.13. The molecule has 1 aromatic rings. The maximum Gasteiger partial charge on any atom is 0.229 e. The summed E-state index contributed by atoms with van der Waals surface area (Å²) >= 11 is 0. The average Bonchev–Trinajstić information content (AvgIpc) is 2.79. The van der Waals surface area contributed by atoms with E-state index in [1.54, 1.807) is 0 Å². The van der Waals surface area contributed by atoms with Crippen molar-refractivity contribution < 1.29 is 9.26 Å². The summed E-state index contributed by atoms with van der Waals surface area (Å²) in [5, 5.41) is 7.30. The number of hydrogen-bond donors (Lipinski definition) is 1. The van der Waals surface area contributed by atoms with Crippen LogP contribution < -0.4 is 5.32 Å². The first-order valence-electron chi connectivity index (χ1n) is 6.20. The molecule has 6 heteroatoms. The Morgan fingerprint density at radius 3 is 3.00 bits per heavy atom. The van der Waals surface area contributed by atoms with Crippen molar-refractivity contribution in [1.29, 1.82) is 0 Å². The van der Waals surface area contributed by atoms with Crippen LogP contribution >= 0.6 is 0 Å². The summed E-state index contributed by atoms with van der Waals surface area (Å²) < 4.78 is 10.4. The van der Waals surface area contributed by atoms with E-state index in [1.807, 2.05) is 6.92 Å². The molecule has 96 valence electrons. The van der Waals surface area contributed by atoms with E-state index in [4.69, 9.17) is 9.26 Å². The third-order valence-electron chi connectivity index (χ3n) is 2.75. The maximum absolute atomic E-state index is 5.25. The Balaban J connectivity index is 1.76. The zero-order chi connectivity index (χ0) is 11.9. The van der Waals surface area contributed by atoms with Crippen molar-refractivity contribution >= 4 is 0 Å². The van der Waals surface area contributed by atoms with Crippen molar-refractivity contribution in [3.8, 4) is 0 Å². The summed E-state index contributed by atoms with van der Waals surface area (Å²) in [5.74, 6) is 1.45. The van der Waals surface area contributed by atoms with Crippen molar-refractivity contribution in [2.24, 2.45) is 0 Å². The number of ether oxygens (including phenoxy) is 1. The van der Waals surface area contributed by atoms with Crippen LogP contribution in [-0.4, -0.2) is 54.4 Å². The lowest BCUT2D eigenvalue weighted by atomic mass is 10.3. The van der Waals surface area contributed by atoms with Crippen molar-refractivity contribution in [2.45, 2.75) is 19.9 Å². The number of hydrogen-bond acceptors (Lipinski definition) is 6. The molecule has 0 saturated carbocycles. The fourth-order valence-corrected chi connectivity index (χ4v) is 1.83. The van der Waals surface area contributed by atoms with Crippen LogP contribution in [0, 0.1) is 0 Å². The monoisotopic (exact) mass is 240 g/mol. The van der Waals surface area contributed by atoms with Gasteiger partial charge in [0.15, 0.2) is 5.82 Å². The molecule has 1 aromatic heterocycles. The molecule has 1 aliphatic rings. The van der Waals surface area contributed by atoms with Gasteiger partial charge in [0.1, 0.15) is 0 Å². The molecule has 1 saturated heterocycles. The van der Waals surface area contributed by atoms with Crippen molar-refractivity contribution in [1.82, 2.24) is 20.4 Å². The minimum Gasteiger partial charge on any atom is -0.381 e. The van der Waals surface area contributed by atoms with Gasteiger partial charge in [-0.05, 0) is 6.92 Å². The molecular weight excluding hydrogens is 220 g/mol. The largest absolute Gasteiger partial charge is 0.381 e. The van der Waals surface area contributed by atoms with E-state index in [-0.39, 0.29) is 0 Å². The Kier molecular flexibility index (Phi) is 4.90. The average molecular weight is 240 g/mol. The summed E-state index contributed by atoms with van der Waals surface area (Å²) in [6.07, 6.45) is 0.697. The van der Waals surface area contributed by atoms with Gasteiger partial charge in [-0.3, -0.25) is 4.90 Å². The Morgan fingerprint density at radius 1 is 1.41 bits per heavy atom. The number of nitrogens with one attached hydrogen (secondary N) is 1. The van der Waals surface area contributed by atoms with Crippen LogP contribution in [0.25, 0.3) is 0 Å². The van der Waals surface area contributed by atoms with Crippen LogP contribution in [0.4, 0.5) is 0 Å². The summed E-state index contributed by atoms with van der Waals surface area (Å²) in [6, 6.07) is 0. The van der Waals surface area contributed by atoms with Gasteiger partial charge in [-0.2, -0.15) is 4.98 Å². The molecule has 0 bridgehead atoms. The van der Waals surface area contributed by atoms with E-state index >= 15 is 0 Å². The topological polar surface area (TPSA) is 63.4 Å². The molecule has 2 rings (SSSR count). The lowest BCUT2D eigenvalue weighted by Gasteiger charge is -2.25. The lowest BCUT2D eigenvalue weighted by Crippen LogP contribution is -2.43. The molecule has 0 spiro atoms.